The number of allylic oxidation sites excluding steroid dienone is 1. The van der Waals surface area contributed by atoms with Gasteiger partial charge in [-0.2, -0.15) is 0 Å². The predicted octanol–water partition coefficient (Wildman–Crippen LogP) is 0.265. The van der Waals surface area contributed by atoms with Crippen LogP contribution in [-0.4, -0.2) is 37.4 Å². The second kappa shape index (κ2) is 6.65. The molecule has 0 saturated carbocycles. The third-order valence-corrected chi connectivity index (χ3v) is 3.85. The molecule has 0 aliphatic carbocycles. The molecule has 9 heteroatoms. The monoisotopic (exact) mass is 324 g/mol. The van der Waals surface area contributed by atoms with Gasteiger partial charge < -0.3 is 9.30 Å². The molecule has 1 N–H and O–H groups in total. The number of nitrogens with one attached hydrogen (secondary N) is 1. The lowest BCUT2D eigenvalue weighted by Gasteiger charge is -2.07. The summed E-state index contributed by atoms with van der Waals surface area (Å²) in [4.78, 5) is 41.5. The second-order valence-corrected chi connectivity index (χ2v) is 5.32. The first-order valence-corrected chi connectivity index (χ1v) is 7.57. The second-order valence-electron chi connectivity index (χ2n) is 4.38. The van der Waals surface area contributed by atoms with E-state index >= 15 is 0 Å². The molecule has 2 aromatic rings. The fraction of sp³-hybridized carbons (Fsp3) is 0.385. The van der Waals surface area contributed by atoms with E-state index in [0.717, 1.165) is 11.8 Å². The lowest BCUT2D eigenvalue weighted by atomic mass is 10.5. The van der Waals surface area contributed by atoms with Crippen molar-refractivity contribution >= 4 is 28.9 Å². The zero-order chi connectivity index (χ0) is 16.3. The van der Waals surface area contributed by atoms with Gasteiger partial charge >= 0.3 is 11.7 Å². The number of H-pyrrole nitrogens is 1. The molecule has 0 aliphatic rings. The Morgan fingerprint density at radius 1 is 1.50 bits per heavy atom. The molecule has 0 radical (unpaired) electrons. The van der Waals surface area contributed by atoms with Crippen LogP contribution in [0.15, 0.2) is 27.4 Å². The van der Waals surface area contributed by atoms with Gasteiger partial charge in [-0.1, -0.05) is 17.8 Å². The Labute approximate surface area is 129 Å². The highest BCUT2D eigenvalue weighted by Gasteiger charge is 2.17. The lowest BCUT2D eigenvalue weighted by Crippen LogP contribution is -2.29. The van der Waals surface area contributed by atoms with Crippen LogP contribution in [-0.2, 0) is 23.1 Å². The van der Waals surface area contributed by atoms with E-state index in [-0.39, 0.29) is 17.2 Å². The fourth-order valence-corrected chi connectivity index (χ4v) is 2.79. The van der Waals surface area contributed by atoms with Gasteiger partial charge in [-0.25, -0.2) is 9.78 Å². The maximum atomic E-state index is 11.9. The van der Waals surface area contributed by atoms with Crippen LogP contribution in [0.1, 0.15) is 6.92 Å². The topological polar surface area (TPSA) is 99.0 Å². The molecule has 8 nitrogen and oxygen atoms in total. The van der Waals surface area contributed by atoms with Crippen LogP contribution in [0.4, 0.5) is 0 Å². The van der Waals surface area contributed by atoms with Gasteiger partial charge in [0.1, 0.15) is 0 Å². The standard InChI is InChI=1S/C13H16N4O4S/c1-4-6-17-11-9(10(19)15-12(20)16(11)3)14-13(17)22-7-8(18)21-5-2/h4H,1,5-7H2,2-3H3,(H,15,19,20). The van der Waals surface area contributed by atoms with E-state index in [4.69, 9.17) is 4.74 Å². The first-order valence-electron chi connectivity index (χ1n) is 6.58. The number of ether oxygens (including phenoxy) is 1. The van der Waals surface area contributed by atoms with E-state index in [9.17, 15) is 14.4 Å². The Balaban J connectivity index is 2.52. The van der Waals surface area contributed by atoms with Crippen molar-refractivity contribution in [2.45, 2.75) is 18.6 Å². The summed E-state index contributed by atoms with van der Waals surface area (Å²) in [6.07, 6.45) is 1.63. The molecule has 2 rings (SSSR count). The molecule has 0 aliphatic heterocycles. The molecule has 22 heavy (non-hydrogen) atoms. The summed E-state index contributed by atoms with van der Waals surface area (Å²) in [5.41, 5.74) is -0.543. The van der Waals surface area contributed by atoms with E-state index in [0.29, 0.717) is 24.0 Å². The predicted molar refractivity (Wildman–Crippen MR) is 83.1 cm³/mol. The number of carbonyl (C=O) groups excluding carboxylic acids is 1. The van der Waals surface area contributed by atoms with Gasteiger partial charge in [0.2, 0.25) is 0 Å². The number of carbonyl (C=O) groups is 1. The molecule has 2 aromatic heterocycles. The summed E-state index contributed by atoms with van der Waals surface area (Å²) in [7, 11) is 1.54. The number of aromatic amines is 1. The van der Waals surface area contributed by atoms with Gasteiger partial charge in [-0.05, 0) is 6.92 Å². The quantitative estimate of drug-likeness (QED) is 0.465. The summed E-state index contributed by atoms with van der Waals surface area (Å²) in [6, 6.07) is 0. The van der Waals surface area contributed by atoms with Gasteiger partial charge in [-0.3, -0.25) is 19.1 Å². The third-order valence-electron chi connectivity index (χ3n) is 2.90. The van der Waals surface area contributed by atoms with Crippen molar-refractivity contribution in [2.24, 2.45) is 7.05 Å². The maximum Gasteiger partial charge on any atom is 0.329 e. The summed E-state index contributed by atoms with van der Waals surface area (Å²) in [5.74, 6) is -0.298. The van der Waals surface area contributed by atoms with Crippen LogP contribution in [0.2, 0.25) is 0 Å². The van der Waals surface area contributed by atoms with E-state index < -0.39 is 11.2 Å². The largest absolute Gasteiger partial charge is 0.465 e. The molecule has 0 amide bonds. The molecule has 2 heterocycles. The summed E-state index contributed by atoms with van der Waals surface area (Å²) >= 11 is 1.15. The van der Waals surface area contributed by atoms with Crippen molar-refractivity contribution in [3.63, 3.8) is 0 Å². The minimum absolute atomic E-state index is 0.0696. The maximum absolute atomic E-state index is 11.9. The number of hydrogen-bond donors (Lipinski definition) is 1. The number of aryl methyl sites for hydroxylation is 1. The first-order chi connectivity index (χ1) is 10.5. The Hall–Kier alpha value is -2.29. The van der Waals surface area contributed by atoms with Crippen LogP contribution < -0.4 is 11.2 Å². The van der Waals surface area contributed by atoms with Crippen molar-refractivity contribution in [1.82, 2.24) is 19.1 Å². The zero-order valence-electron chi connectivity index (χ0n) is 12.3. The average Bonchev–Trinajstić information content (AvgIpc) is 2.83. The normalized spacial score (nSPS) is 10.8. The molecule has 0 spiro atoms. The fourth-order valence-electron chi connectivity index (χ4n) is 1.98. The highest BCUT2D eigenvalue weighted by molar-refractivity contribution is 7.99. The number of nitrogens with zero attached hydrogens (tertiary/aromatic N) is 3. The SMILES string of the molecule is C=CCn1c(SCC(=O)OCC)nc2c(=O)[nH]c(=O)n(C)c21. The molecule has 0 unspecified atom stereocenters. The van der Waals surface area contributed by atoms with Crippen molar-refractivity contribution in [3.05, 3.63) is 33.5 Å². The number of hydrogen-bond acceptors (Lipinski definition) is 6. The average molecular weight is 324 g/mol. The molecule has 0 bridgehead atoms. The zero-order valence-corrected chi connectivity index (χ0v) is 13.1. The van der Waals surface area contributed by atoms with Gasteiger partial charge in [0.15, 0.2) is 16.3 Å². The van der Waals surface area contributed by atoms with Gasteiger partial charge in [0, 0.05) is 13.6 Å². The molecule has 0 atom stereocenters. The number of esters is 1. The van der Waals surface area contributed by atoms with Gasteiger partial charge in [-0.15, -0.1) is 6.58 Å². The Morgan fingerprint density at radius 2 is 2.23 bits per heavy atom. The Morgan fingerprint density at radius 3 is 2.86 bits per heavy atom. The molecular weight excluding hydrogens is 308 g/mol. The smallest absolute Gasteiger partial charge is 0.329 e. The number of thioether (sulfide) groups is 1. The highest BCUT2D eigenvalue weighted by Crippen LogP contribution is 2.21. The Bertz CT molecular complexity index is 833. The molecule has 0 fully saturated rings. The lowest BCUT2D eigenvalue weighted by molar-refractivity contribution is -0.139. The molecule has 118 valence electrons. The Kier molecular flexibility index (Phi) is 4.86. The summed E-state index contributed by atoms with van der Waals surface area (Å²) in [5, 5.41) is 0.453. The van der Waals surface area contributed by atoms with Crippen molar-refractivity contribution in [2.75, 3.05) is 12.4 Å². The number of aromatic nitrogens is 4. The van der Waals surface area contributed by atoms with E-state index in [1.165, 1.54) is 4.57 Å². The van der Waals surface area contributed by atoms with E-state index in [1.54, 1.807) is 24.6 Å². The van der Waals surface area contributed by atoms with Crippen LogP contribution >= 0.6 is 11.8 Å². The van der Waals surface area contributed by atoms with Gasteiger partial charge in [0.05, 0.1) is 12.4 Å². The summed E-state index contributed by atoms with van der Waals surface area (Å²) < 4.78 is 7.84. The number of fused-ring (bicyclic) bond motifs is 1. The van der Waals surface area contributed by atoms with Crippen LogP contribution in [0.3, 0.4) is 0 Å². The minimum Gasteiger partial charge on any atom is -0.465 e. The van der Waals surface area contributed by atoms with Crippen molar-refractivity contribution in [1.29, 1.82) is 0 Å². The molecule has 0 saturated heterocycles. The third kappa shape index (κ3) is 2.98. The van der Waals surface area contributed by atoms with Crippen molar-refractivity contribution < 1.29 is 9.53 Å². The first kappa shape index (κ1) is 16.1. The molecule has 0 aromatic carbocycles. The number of imidazole rings is 1. The molecular formula is C13H16N4O4S. The number of rotatable bonds is 6. The summed E-state index contributed by atoms with van der Waals surface area (Å²) in [6.45, 7) is 6.05. The van der Waals surface area contributed by atoms with E-state index in [2.05, 4.69) is 16.5 Å². The van der Waals surface area contributed by atoms with Crippen LogP contribution in [0.5, 0.6) is 0 Å². The van der Waals surface area contributed by atoms with Crippen molar-refractivity contribution in [3.8, 4) is 0 Å². The van der Waals surface area contributed by atoms with E-state index in [1.807, 2.05) is 0 Å². The van der Waals surface area contributed by atoms with Crippen LogP contribution in [0, 0.1) is 0 Å². The van der Waals surface area contributed by atoms with Gasteiger partial charge in [0.25, 0.3) is 5.56 Å². The minimum atomic E-state index is -0.557. The highest BCUT2D eigenvalue weighted by atomic mass is 32.2. The van der Waals surface area contributed by atoms with Crippen LogP contribution in [0.25, 0.3) is 11.2 Å².